The molecule has 0 spiro atoms. The van der Waals surface area contributed by atoms with Crippen molar-refractivity contribution in [3.8, 4) is 22.9 Å². The first-order valence-corrected chi connectivity index (χ1v) is 14.5. The number of nitrogens with zero attached hydrogens (tertiary/aromatic N) is 6. The number of aromatic hydroxyl groups is 1. The van der Waals surface area contributed by atoms with Gasteiger partial charge in [0.1, 0.15) is 29.5 Å². The highest BCUT2D eigenvalue weighted by Gasteiger charge is 2.28. The number of aromatic nitrogens is 2. The molecule has 5 rings (SSSR count). The number of halogens is 3. The van der Waals surface area contributed by atoms with Gasteiger partial charge in [-0.3, -0.25) is 14.6 Å². The zero-order valence-electron chi connectivity index (χ0n) is 23.8. The van der Waals surface area contributed by atoms with Crippen LogP contribution in [0, 0.1) is 11.6 Å². The van der Waals surface area contributed by atoms with Gasteiger partial charge in [-0.2, -0.15) is 9.97 Å². The first kappa shape index (κ1) is 29.9. The fraction of sp³-hybridized carbons (Fsp3) is 0.433. The van der Waals surface area contributed by atoms with Gasteiger partial charge < -0.3 is 19.6 Å². The van der Waals surface area contributed by atoms with Gasteiger partial charge in [-0.05, 0) is 38.1 Å². The fourth-order valence-electron chi connectivity index (χ4n) is 5.49. The molecule has 224 valence electrons. The van der Waals surface area contributed by atoms with E-state index in [0.29, 0.717) is 56.6 Å². The quantitative estimate of drug-likeness (QED) is 0.386. The van der Waals surface area contributed by atoms with Gasteiger partial charge >= 0.3 is 6.01 Å². The summed E-state index contributed by atoms with van der Waals surface area (Å²) < 4.78 is 37.0. The van der Waals surface area contributed by atoms with Crippen molar-refractivity contribution in [1.82, 2.24) is 24.7 Å². The van der Waals surface area contributed by atoms with Crippen molar-refractivity contribution in [2.75, 3.05) is 70.4 Å². The van der Waals surface area contributed by atoms with Crippen molar-refractivity contribution in [3.05, 3.63) is 53.6 Å². The number of fused-ring (bicyclic) bond motifs is 1. The van der Waals surface area contributed by atoms with E-state index in [-0.39, 0.29) is 33.6 Å². The van der Waals surface area contributed by atoms with E-state index in [1.165, 1.54) is 24.3 Å². The van der Waals surface area contributed by atoms with E-state index in [1.807, 2.05) is 4.90 Å². The van der Waals surface area contributed by atoms with Gasteiger partial charge in [-0.25, -0.2) is 8.78 Å². The number of carbonyl (C=O) groups excluding carboxylic acids is 1. The molecule has 2 fully saturated rings. The highest BCUT2D eigenvalue weighted by molar-refractivity contribution is 6.34. The third kappa shape index (κ3) is 6.13. The van der Waals surface area contributed by atoms with Gasteiger partial charge in [-0.1, -0.05) is 24.2 Å². The summed E-state index contributed by atoms with van der Waals surface area (Å²) >= 11 is 6.52. The number of phenolic OH excluding ortho intramolecular Hbond substituents is 1. The Morgan fingerprint density at radius 3 is 2.45 bits per heavy atom. The minimum atomic E-state index is -0.892. The molecular weight excluding hydrogens is 566 g/mol. The minimum Gasteiger partial charge on any atom is -0.507 e. The van der Waals surface area contributed by atoms with Gasteiger partial charge in [0.05, 0.1) is 10.6 Å². The maximum atomic E-state index is 16.2. The average molecular weight is 601 g/mol. The topological polar surface area (TPSA) is 85.3 Å². The van der Waals surface area contributed by atoms with Crippen LogP contribution in [-0.4, -0.2) is 107 Å². The number of amides is 1. The van der Waals surface area contributed by atoms with Crippen molar-refractivity contribution in [1.29, 1.82) is 0 Å². The first-order chi connectivity index (χ1) is 20.2. The molecule has 9 nitrogen and oxygen atoms in total. The SMILES string of the molecule is C=CC(=O)N1CCN(c2nc(OCCN3CCN(C(C)C)CC3)nc3c(F)c(-c4c(O)cccc4F)c(Cl)cc23)CC1. The van der Waals surface area contributed by atoms with E-state index in [1.54, 1.807) is 4.90 Å². The highest BCUT2D eigenvalue weighted by Crippen LogP contribution is 2.42. The largest absolute Gasteiger partial charge is 0.507 e. The van der Waals surface area contributed by atoms with Crippen LogP contribution in [-0.2, 0) is 4.79 Å². The number of hydrogen-bond donors (Lipinski definition) is 1. The van der Waals surface area contributed by atoms with E-state index in [2.05, 4.69) is 40.2 Å². The van der Waals surface area contributed by atoms with Crippen LogP contribution < -0.4 is 9.64 Å². The number of carbonyl (C=O) groups is 1. The Balaban J connectivity index is 1.47. The lowest BCUT2D eigenvalue weighted by Crippen LogP contribution is -2.49. The minimum absolute atomic E-state index is 0.0205. The second kappa shape index (κ2) is 12.8. The molecular formula is C30H35ClF2N6O3. The van der Waals surface area contributed by atoms with Gasteiger partial charge in [0, 0.05) is 75.9 Å². The van der Waals surface area contributed by atoms with Crippen LogP contribution in [0.5, 0.6) is 11.8 Å². The number of hydrogen-bond acceptors (Lipinski definition) is 8. The third-order valence-electron chi connectivity index (χ3n) is 7.93. The van der Waals surface area contributed by atoms with Crippen LogP contribution >= 0.6 is 11.6 Å². The number of rotatable bonds is 8. The Hall–Kier alpha value is -3.54. The van der Waals surface area contributed by atoms with Crippen LogP contribution in [0.25, 0.3) is 22.0 Å². The number of piperazine rings is 2. The summed E-state index contributed by atoms with van der Waals surface area (Å²) in [7, 11) is 0. The summed E-state index contributed by atoms with van der Waals surface area (Å²) in [4.78, 5) is 29.5. The average Bonchev–Trinajstić information content (AvgIpc) is 2.98. The molecule has 2 aliphatic rings. The summed E-state index contributed by atoms with van der Waals surface area (Å²) in [6, 6.07) is 5.68. The van der Waals surface area contributed by atoms with Crippen LogP contribution in [0.2, 0.25) is 5.02 Å². The maximum Gasteiger partial charge on any atom is 0.319 e. The lowest BCUT2D eigenvalue weighted by atomic mass is 10.0. The van der Waals surface area contributed by atoms with Crippen LogP contribution in [0.15, 0.2) is 36.9 Å². The molecule has 0 saturated carbocycles. The van der Waals surface area contributed by atoms with Gasteiger partial charge in [-0.15, -0.1) is 0 Å². The molecule has 42 heavy (non-hydrogen) atoms. The van der Waals surface area contributed by atoms with Crippen LogP contribution in [0.4, 0.5) is 14.6 Å². The number of phenols is 1. The molecule has 12 heteroatoms. The smallest absolute Gasteiger partial charge is 0.319 e. The lowest BCUT2D eigenvalue weighted by molar-refractivity contribution is -0.126. The van der Waals surface area contributed by atoms with Crippen molar-refractivity contribution in [2.24, 2.45) is 0 Å². The molecule has 1 N–H and O–H groups in total. The van der Waals surface area contributed by atoms with E-state index >= 15 is 4.39 Å². The molecule has 3 heterocycles. The van der Waals surface area contributed by atoms with E-state index in [4.69, 9.17) is 16.3 Å². The predicted molar refractivity (Wildman–Crippen MR) is 159 cm³/mol. The molecule has 0 radical (unpaired) electrons. The molecule has 2 aliphatic heterocycles. The highest BCUT2D eigenvalue weighted by atomic mass is 35.5. The molecule has 2 saturated heterocycles. The molecule has 1 aromatic heterocycles. The fourth-order valence-corrected chi connectivity index (χ4v) is 5.78. The third-order valence-corrected chi connectivity index (χ3v) is 8.22. The molecule has 0 aliphatic carbocycles. The van der Waals surface area contributed by atoms with E-state index in [9.17, 15) is 14.3 Å². The number of benzene rings is 2. The Morgan fingerprint density at radius 1 is 1.10 bits per heavy atom. The van der Waals surface area contributed by atoms with Gasteiger partial charge in [0.15, 0.2) is 5.82 Å². The standard InChI is InChI=1S/C30H35ClF2N6O3/c1-4-24(41)38-12-14-39(15-13-38)29-20-18-21(31)25(26-22(32)6-5-7-23(26)40)27(33)28(20)34-30(35-29)42-17-16-36-8-10-37(11-9-36)19(2)3/h4-7,18-19,40H,1,8-17H2,2-3H3. The molecule has 0 unspecified atom stereocenters. The summed E-state index contributed by atoms with van der Waals surface area (Å²) in [5.41, 5.74) is -0.742. The van der Waals surface area contributed by atoms with E-state index < -0.39 is 17.4 Å². The molecule has 3 aromatic rings. The molecule has 1 amide bonds. The van der Waals surface area contributed by atoms with Crippen molar-refractivity contribution in [3.63, 3.8) is 0 Å². The van der Waals surface area contributed by atoms with Gasteiger partial charge in [0.25, 0.3) is 0 Å². The summed E-state index contributed by atoms with van der Waals surface area (Å²) in [5, 5.41) is 10.6. The van der Waals surface area contributed by atoms with Crippen molar-refractivity contribution < 1.29 is 23.4 Å². The zero-order valence-corrected chi connectivity index (χ0v) is 24.6. The Labute approximate surface area is 248 Å². The second-order valence-corrected chi connectivity index (χ2v) is 11.2. The Kier molecular flexibility index (Phi) is 9.10. The Morgan fingerprint density at radius 2 is 1.81 bits per heavy atom. The predicted octanol–water partition coefficient (Wildman–Crippen LogP) is 4.17. The lowest BCUT2D eigenvalue weighted by Gasteiger charge is -2.36. The summed E-state index contributed by atoms with van der Waals surface area (Å²) in [5.74, 6) is -1.92. The van der Waals surface area contributed by atoms with Crippen molar-refractivity contribution >= 4 is 34.2 Å². The number of anilines is 1. The maximum absolute atomic E-state index is 16.2. The van der Waals surface area contributed by atoms with E-state index in [0.717, 1.165) is 32.2 Å². The zero-order chi connectivity index (χ0) is 30.0. The summed E-state index contributed by atoms with van der Waals surface area (Å²) in [6.07, 6.45) is 1.28. The van der Waals surface area contributed by atoms with Crippen molar-refractivity contribution in [2.45, 2.75) is 19.9 Å². The van der Waals surface area contributed by atoms with Crippen LogP contribution in [0.3, 0.4) is 0 Å². The first-order valence-electron chi connectivity index (χ1n) is 14.1. The Bertz CT molecular complexity index is 1450. The number of ether oxygens (including phenoxy) is 1. The van der Waals surface area contributed by atoms with Crippen LogP contribution in [0.1, 0.15) is 13.8 Å². The normalized spacial score (nSPS) is 16.8. The van der Waals surface area contributed by atoms with Gasteiger partial charge in [0.2, 0.25) is 5.91 Å². The summed E-state index contributed by atoms with van der Waals surface area (Å²) in [6.45, 7) is 14.4. The molecule has 2 aromatic carbocycles. The molecule has 0 bridgehead atoms. The molecule has 0 atom stereocenters. The second-order valence-electron chi connectivity index (χ2n) is 10.7. The monoisotopic (exact) mass is 600 g/mol.